The van der Waals surface area contributed by atoms with E-state index in [1.807, 2.05) is 34.9 Å². The van der Waals surface area contributed by atoms with Crippen molar-refractivity contribution in [3.8, 4) is 11.8 Å². The number of rotatable bonds is 7. The van der Waals surface area contributed by atoms with Crippen LogP contribution in [-0.2, 0) is 9.59 Å². The summed E-state index contributed by atoms with van der Waals surface area (Å²) in [7, 11) is 0. The van der Waals surface area contributed by atoms with E-state index in [0.29, 0.717) is 10.7 Å². The Morgan fingerprint density at radius 3 is 2.71 bits per heavy atom. The minimum Gasteiger partial charge on any atom is -0.481 e. The molecule has 0 fully saturated rings. The molecule has 0 radical (unpaired) electrons. The zero-order valence-electron chi connectivity index (χ0n) is 14.6. The number of thioether (sulfide) groups is 1. The number of carboxylic acid groups (broad SMARTS) is 1. The topological polar surface area (TPSA) is 108 Å². The van der Waals surface area contributed by atoms with Gasteiger partial charge in [-0.15, -0.1) is 0 Å². The van der Waals surface area contributed by atoms with Crippen molar-refractivity contribution in [2.75, 3.05) is 12.3 Å². The molecule has 1 amide bonds. The molecule has 2 aromatic carbocycles. The van der Waals surface area contributed by atoms with Crippen molar-refractivity contribution in [3.63, 3.8) is 0 Å². The standard InChI is InChI=1S/C19H15BrN4O3S/c20-16-10-23-19(28-11-17(25)22-8-7-18(26)27)24(16)15-6-5-12(9-21)13-3-1-2-4-14(13)15/h1-6,10H,7-8,11H2,(H,22,25)(H,26,27). The Morgan fingerprint density at radius 2 is 2.00 bits per heavy atom. The van der Waals surface area contributed by atoms with Gasteiger partial charge in [0.25, 0.3) is 0 Å². The Labute approximate surface area is 173 Å². The second kappa shape index (κ2) is 8.91. The van der Waals surface area contributed by atoms with Crippen molar-refractivity contribution in [2.24, 2.45) is 0 Å². The fourth-order valence-corrected chi connectivity index (χ4v) is 4.09. The second-order valence-corrected chi connectivity index (χ2v) is 7.53. The van der Waals surface area contributed by atoms with E-state index < -0.39 is 5.97 Å². The number of carbonyl (C=O) groups is 2. The molecule has 0 aliphatic rings. The van der Waals surface area contributed by atoms with Crippen LogP contribution in [0, 0.1) is 11.3 Å². The number of nitrogens with one attached hydrogen (secondary N) is 1. The number of carbonyl (C=O) groups excluding carboxylic acids is 1. The smallest absolute Gasteiger partial charge is 0.305 e. The van der Waals surface area contributed by atoms with Gasteiger partial charge >= 0.3 is 5.97 Å². The van der Waals surface area contributed by atoms with Gasteiger partial charge in [0.05, 0.1) is 35.7 Å². The molecule has 0 saturated carbocycles. The predicted molar refractivity (Wildman–Crippen MR) is 109 cm³/mol. The third-order valence-corrected chi connectivity index (χ3v) is 5.45. The lowest BCUT2D eigenvalue weighted by Crippen LogP contribution is -2.27. The lowest BCUT2D eigenvalue weighted by atomic mass is 10.0. The number of hydrogen-bond acceptors (Lipinski definition) is 5. The van der Waals surface area contributed by atoms with E-state index in [2.05, 4.69) is 32.3 Å². The number of nitrogens with zero attached hydrogens (tertiary/aromatic N) is 3. The van der Waals surface area contributed by atoms with Crippen molar-refractivity contribution in [3.05, 3.63) is 52.8 Å². The summed E-state index contributed by atoms with van der Waals surface area (Å²) in [5.74, 6) is -1.11. The highest BCUT2D eigenvalue weighted by Gasteiger charge is 2.16. The Balaban J connectivity index is 1.86. The summed E-state index contributed by atoms with van der Waals surface area (Å²) < 4.78 is 2.59. The van der Waals surface area contributed by atoms with Gasteiger partial charge in [-0.1, -0.05) is 36.0 Å². The molecule has 0 bridgehead atoms. The van der Waals surface area contributed by atoms with E-state index >= 15 is 0 Å². The second-order valence-electron chi connectivity index (χ2n) is 5.77. The van der Waals surface area contributed by atoms with E-state index in [9.17, 15) is 14.9 Å². The third kappa shape index (κ3) is 4.35. The number of halogens is 1. The first-order valence-corrected chi connectivity index (χ1v) is 10.1. The minimum absolute atomic E-state index is 0.0904. The van der Waals surface area contributed by atoms with Gasteiger partial charge in [-0.2, -0.15) is 5.26 Å². The summed E-state index contributed by atoms with van der Waals surface area (Å²) >= 11 is 4.74. The van der Waals surface area contributed by atoms with Crippen LogP contribution in [0.4, 0.5) is 0 Å². The fraction of sp³-hybridized carbons (Fsp3) is 0.158. The Hall–Kier alpha value is -2.83. The minimum atomic E-state index is -0.958. The molecule has 3 aromatic rings. The highest BCUT2D eigenvalue weighted by molar-refractivity contribution is 9.10. The molecule has 0 aliphatic carbocycles. The van der Waals surface area contributed by atoms with Crippen molar-refractivity contribution in [1.82, 2.24) is 14.9 Å². The number of aliphatic carboxylic acids is 1. The van der Waals surface area contributed by atoms with Crippen LogP contribution in [0.1, 0.15) is 12.0 Å². The number of imidazole rings is 1. The van der Waals surface area contributed by atoms with Crippen LogP contribution in [0.5, 0.6) is 0 Å². The first-order chi connectivity index (χ1) is 13.5. The van der Waals surface area contributed by atoms with E-state index in [1.165, 1.54) is 11.8 Å². The molecule has 3 rings (SSSR count). The lowest BCUT2D eigenvalue weighted by molar-refractivity contribution is -0.136. The molecule has 1 aromatic heterocycles. The number of hydrogen-bond donors (Lipinski definition) is 2. The number of carboxylic acids is 1. The summed E-state index contributed by atoms with van der Waals surface area (Å²) in [5.41, 5.74) is 1.43. The van der Waals surface area contributed by atoms with Gasteiger partial charge in [0.2, 0.25) is 5.91 Å². The molecule has 0 saturated heterocycles. The van der Waals surface area contributed by atoms with Crippen LogP contribution in [0.15, 0.2) is 52.4 Å². The maximum absolute atomic E-state index is 11.9. The maximum Gasteiger partial charge on any atom is 0.305 e. The molecule has 142 valence electrons. The van der Waals surface area contributed by atoms with Gasteiger partial charge in [0.15, 0.2) is 5.16 Å². The summed E-state index contributed by atoms with van der Waals surface area (Å²) in [6, 6.07) is 13.4. The first-order valence-electron chi connectivity index (χ1n) is 8.28. The fourth-order valence-electron chi connectivity index (χ4n) is 2.70. The van der Waals surface area contributed by atoms with Gasteiger partial charge in [0.1, 0.15) is 4.60 Å². The van der Waals surface area contributed by atoms with Crippen LogP contribution in [-0.4, -0.2) is 38.8 Å². The molecule has 7 nitrogen and oxygen atoms in total. The van der Waals surface area contributed by atoms with Crippen molar-refractivity contribution >= 4 is 50.3 Å². The van der Waals surface area contributed by atoms with Crippen LogP contribution in [0.25, 0.3) is 16.5 Å². The Kier molecular flexibility index (Phi) is 6.34. The average Bonchev–Trinajstić information content (AvgIpc) is 3.05. The Morgan fingerprint density at radius 1 is 1.25 bits per heavy atom. The van der Waals surface area contributed by atoms with Crippen LogP contribution in [0.2, 0.25) is 0 Å². The highest BCUT2D eigenvalue weighted by atomic mass is 79.9. The maximum atomic E-state index is 11.9. The zero-order valence-corrected chi connectivity index (χ0v) is 17.0. The summed E-state index contributed by atoms with van der Waals surface area (Å²) in [4.78, 5) is 26.8. The van der Waals surface area contributed by atoms with E-state index in [-0.39, 0.29) is 24.6 Å². The number of fused-ring (bicyclic) bond motifs is 1. The SMILES string of the molecule is N#Cc1ccc(-n2c(Br)cnc2SCC(=O)NCCC(=O)O)c2ccccc12. The number of nitriles is 1. The normalized spacial score (nSPS) is 10.6. The van der Waals surface area contributed by atoms with Gasteiger partial charge in [-0.25, -0.2) is 4.98 Å². The zero-order chi connectivity index (χ0) is 20.1. The average molecular weight is 459 g/mol. The quantitative estimate of drug-likeness (QED) is 0.525. The Bertz CT molecular complexity index is 1090. The van der Waals surface area contributed by atoms with Gasteiger partial charge in [0, 0.05) is 17.3 Å². The molecular formula is C19H15BrN4O3S. The summed E-state index contributed by atoms with van der Waals surface area (Å²) in [6.07, 6.45) is 1.53. The largest absolute Gasteiger partial charge is 0.481 e. The van der Waals surface area contributed by atoms with Crippen LogP contribution >= 0.6 is 27.7 Å². The van der Waals surface area contributed by atoms with E-state index in [1.54, 1.807) is 12.3 Å². The number of amides is 1. The first kappa shape index (κ1) is 19.9. The molecule has 0 atom stereocenters. The molecule has 0 aliphatic heterocycles. The molecule has 1 heterocycles. The summed E-state index contributed by atoms with van der Waals surface area (Å²) in [6.45, 7) is 0.0904. The van der Waals surface area contributed by atoms with Gasteiger partial charge in [-0.05, 0) is 28.1 Å². The van der Waals surface area contributed by atoms with Crippen LogP contribution < -0.4 is 5.32 Å². The number of benzene rings is 2. The van der Waals surface area contributed by atoms with Crippen molar-refractivity contribution < 1.29 is 14.7 Å². The van der Waals surface area contributed by atoms with Gasteiger partial charge < -0.3 is 10.4 Å². The van der Waals surface area contributed by atoms with E-state index in [4.69, 9.17) is 5.11 Å². The molecule has 2 N–H and O–H groups in total. The molecular weight excluding hydrogens is 444 g/mol. The lowest BCUT2D eigenvalue weighted by Gasteiger charge is -2.13. The molecule has 0 spiro atoms. The number of aromatic nitrogens is 2. The third-order valence-electron chi connectivity index (χ3n) is 3.94. The van der Waals surface area contributed by atoms with Crippen LogP contribution in [0.3, 0.4) is 0 Å². The predicted octanol–water partition coefficient (Wildman–Crippen LogP) is 3.34. The molecule has 28 heavy (non-hydrogen) atoms. The monoisotopic (exact) mass is 458 g/mol. The van der Waals surface area contributed by atoms with E-state index in [0.717, 1.165) is 21.1 Å². The van der Waals surface area contributed by atoms with Gasteiger partial charge in [-0.3, -0.25) is 14.2 Å². The van der Waals surface area contributed by atoms with Crippen molar-refractivity contribution in [2.45, 2.75) is 11.6 Å². The highest BCUT2D eigenvalue weighted by Crippen LogP contribution is 2.32. The molecule has 9 heteroatoms. The summed E-state index contributed by atoms with van der Waals surface area (Å²) in [5, 5.41) is 22.9. The van der Waals surface area contributed by atoms with Crippen molar-refractivity contribution in [1.29, 1.82) is 5.26 Å². The molecule has 0 unspecified atom stereocenters.